The van der Waals surface area contributed by atoms with Crippen molar-refractivity contribution in [2.45, 2.75) is 57.7 Å². The summed E-state index contributed by atoms with van der Waals surface area (Å²) in [6, 6.07) is 15.7. The van der Waals surface area contributed by atoms with E-state index in [1.165, 1.54) is 4.68 Å². The van der Waals surface area contributed by atoms with Crippen molar-refractivity contribution in [3.8, 4) is 0 Å². The predicted molar refractivity (Wildman–Crippen MR) is 135 cm³/mol. The molecule has 0 saturated heterocycles. The highest BCUT2D eigenvalue weighted by molar-refractivity contribution is 6.05. The third-order valence-electron chi connectivity index (χ3n) is 6.35. The van der Waals surface area contributed by atoms with Crippen LogP contribution in [0.3, 0.4) is 0 Å². The van der Waals surface area contributed by atoms with Gasteiger partial charge in [0.2, 0.25) is 0 Å². The molecule has 1 aliphatic carbocycles. The predicted octanol–water partition coefficient (Wildman–Crippen LogP) is 2.38. The fourth-order valence-electron chi connectivity index (χ4n) is 4.49. The number of rotatable bonds is 7. The van der Waals surface area contributed by atoms with Crippen molar-refractivity contribution >= 4 is 28.6 Å². The molecule has 188 valence electrons. The Hall–Kier alpha value is -4.21. The molecule has 10 heteroatoms. The van der Waals surface area contributed by atoms with Gasteiger partial charge in [0.15, 0.2) is 5.69 Å². The summed E-state index contributed by atoms with van der Waals surface area (Å²) >= 11 is 0. The van der Waals surface area contributed by atoms with E-state index in [1.807, 2.05) is 37.3 Å². The molecular weight excluding hydrogens is 460 g/mol. The van der Waals surface area contributed by atoms with E-state index in [9.17, 15) is 19.2 Å². The van der Waals surface area contributed by atoms with E-state index < -0.39 is 23.4 Å². The number of hydrazine groups is 1. The Labute approximate surface area is 208 Å². The summed E-state index contributed by atoms with van der Waals surface area (Å²) in [7, 11) is 0. The quantitative estimate of drug-likeness (QED) is 0.377. The Morgan fingerprint density at radius 2 is 1.61 bits per heavy atom. The standard InChI is InChI=1S/C26H30N6O4/c1-2-16-32-23(34)20-13-7-6-12-19(20)21(31-32)22(33)29-30-24(35)26(14-8-9-15-26)28-25(36)27-17-18-10-4-3-5-11-18/h3-7,10-13H,2,8-9,14-17H2,1H3,(H,29,33)(H,30,35)(H2,27,28,36). The van der Waals surface area contributed by atoms with Gasteiger partial charge in [0, 0.05) is 18.5 Å². The molecule has 36 heavy (non-hydrogen) atoms. The van der Waals surface area contributed by atoms with Crippen LogP contribution in [0.5, 0.6) is 0 Å². The van der Waals surface area contributed by atoms with E-state index in [0.717, 1.165) is 18.4 Å². The third kappa shape index (κ3) is 5.37. The number of urea groups is 1. The first-order valence-electron chi connectivity index (χ1n) is 12.1. The maximum absolute atomic E-state index is 13.2. The summed E-state index contributed by atoms with van der Waals surface area (Å²) < 4.78 is 1.26. The van der Waals surface area contributed by atoms with Gasteiger partial charge in [0.25, 0.3) is 17.4 Å². The van der Waals surface area contributed by atoms with E-state index in [2.05, 4.69) is 26.6 Å². The van der Waals surface area contributed by atoms with Crippen molar-refractivity contribution in [1.29, 1.82) is 0 Å². The Balaban J connectivity index is 1.45. The second-order valence-corrected chi connectivity index (χ2v) is 8.91. The summed E-state index contributed by atoms with van der Waals surface area (Å²) in [5.41, 5.74) is 4.45. The minimum atomic E-state index is -1.13. The molecule has 0 bridgehead atoms. The van der Waals surface area contributed by atoms with Crippen LogP contribution >= 0.6 is 0 Å². The zero-order valence-corrected chi connectivity index (χ0v) is 20.2. The lowest BCUT2D eigenvalue weighted by Gasteiger charge is -2.29. The number of carbonyl (C=O) groups excluding carboxylic acids is 3. The smallest absolute Gasteiger partial charge is 0.315 e. The first kappa shape index (κ1) is 24.9. The molecule has 0 radical (unpaired) electrons. The zero-order valence-electron chi connectivity index (χ0n) is 20.2. The molecule has 0 aliphatic heterocycles. The molecule has 1 aliphatic rings. The molecule has 0 atom stereocenters. The van der Waals surface area contributed by atoms with Crippen molar-refractivity contribution in [2.24, 2.45) is 0 Å². The van der Waals surface area contributed by atoms with Crippen LogP contribution in [0, 0.1) is 0 Å². The van der Waals surface area contributed by atoms with Gasteiger partial charge in [-0.05, 0) is 30.9 Å². The van der Waals surface area contributed by atoms with Crippen LogP contribution in [0.1, 0.15) is 55.1 Å². The van der Waals surface area contributed by atoms with E-state index in [0.29, 0.717) is 43.1 Å². The first-order valence-corrected chi connectivity index (χ1v) is 12.1. The van der Waals surface area contributed by atoms with Gasteiger partial charge >= 0.3 is 6.03 Å². The number of fused-ring (bicyclic) bond motifs is 1. The number of hydrogen-bond donors (Lipinski definition) is 4. The van der Waals surface area contributed by atoms with Crippen LogP contribution in [-0.2, 0) is 17.9 Å². The fourth-order valence-corrected chi connectivity index (χ4v) is 4.49. The Morgan fingerprint density at radius 3 is 2.31 bits per heavy atom. The molecule has 10 nitrogen and oxygen atoms in total. The Bertz CT molecular complexity index is 1320. The number of aromatic nitrogens is 2. The topological polar surface area (TPSA) is 134 Å². The van der Waals surface area contributed by atoms with Gasteiger partial charge < -0.3 is 10.6 Å². The van der Waals surface area contributed by atoms with E-state index >= 15 is 0 Å². The van der Waals surface area contributed by atoms with Crippen LogP contribution in [0.15, 0.2) is 59.4 Å². The van der Waals surface area contributed by atoms with Crippen molar-refractivity contribution in [1.82, 2.24) is 31.3 Å². The second-order valence-electron chi connectivity index (χ2n) is 8.91. The first-order chi connectivity index (χ1) is 17.4. The molecule has 4 N–H and O–H groups in total. The van der Waals surface area contributed by atoms with Crippen molar-refractivity contribution in [3.05, 3.63) is 76.2 Å². The maximum Gasteiger partial charge on any atom is 0.315 e. The molecule has 1 fully saturated rings. The molecule has 4 amide bonds. The van der Waals surface area contributed by atoms with E-state index in [1.54, 1.807) is 24.3 Å². The molecule has 0 unspecified atom stereocenters. The molecule has 3 aromatic rings. The van der Waals surface area contributed by atoms with Crippen LogP contribution < -0.4 is 27.0 Å². The maximum atomic E-state index is 13.2. The van der Waals surface area contributed by atoms with Crippen LogP contribution in [0.25, 0.3) is 10.8 Å². The van der Waals surface area contributed by atoms with Crippen LogP contribution in [0.2, 0.25) is 0 Å². The normalized spacial score (nSPS) is 14.2. The van der Waals surface area contributed by atoms with E-state index in [4.69, 9.17) is 0 Å². The number of amides is 4. The monoisotopic (exact) mass is 490 g/mol. The Morgan fingerprint density at radius 1 is 0.944 bits per heavy atom. The number of benzene rings is 2. The fraction of sp³-hybridized carbons (Fsp3) is 0.346. The molecule has 1 aromatic heterocycles. The average molecular weight is 491 g/mol. The van der Waals surface area contributed by atoms with Gasteiger partial charge in [-0.3, -0.25) is 25.2 Å². The van der Waals surface area contributed by atoms with Gasteiger partial charge in [-0.1, -0.05) is 68.3 Å². The van der Waals surface area contributed by atoms with Crippen LogP contribution in [-0.4, -0.2) is 33.2 Å². The molecule has 2 aromatic carbocycles. The number of carbonyl (C=O) groups is 3. The number of nitrogens with one attached hydrogen (secondary N) is 4. The van der Waals surface area contributed by atoms with Crippen molar-refractivity contribution < 1.29 is 14.4 Å². The lowest BCUT2D eigenvalue weighted by atomic mass is 9.97. The molecule has 0 spiro atoms. The minimum absolute atomic E-state index is 0.0352. The molecule has 1 heterocycles. The summed E-state index contributed by atoms with van der Waals surface area (Å²) in [4.78, 5) is 51.4. The van der Waals surface area contributed by atoms with Crippen molar-refractivity contribution in [2.75, 3.05) is 0 Å². The second kappa shape index (κ2) is 11.0. The van der Waals surface area contributed by atoms with Gasteiger partial charge in [-0.15, -0.1) is 0 Å². The summed E-state index contributed by atoms with van der Waals surface area (Å²) in [5, 5.41) is 10.6. The number of aryl methyl sites for hydroxylation is 1. The van der Waals surface area contributed by atoms with Crippen molar-refractivity contribution in [3.63, 3.8) is 0 Å². The van der Waals surface area contributed by atoms with E-state index in [-0.39, 0.29) is 11.3 Å². The van der Waals surface area contributed by atoms with Gasteiger partial charge in [-0.25, -0.2) is 9.48 Å². The number of nitrogens with zero attached hydrogens (tertiary/aromatic N) is 2. The highest BCUT2D eigenvalue weighted by Gasteiger charge is 2.42. The van der Waals surface area contributed by atoms with Gasteiger partial charge in [-0.2, -0.15) is 5.10 Å². The average Bonchev–Trinajstić information content (AvgIpc) is 3.38. The number of hydrogen-bond acceptors (Lipinski definition) is 5. The summed E-state index contributed by atoms with van der Waals surface area (Å²) in [6.45, 7) is 2.60. The Kier molecular flexibility index (Phi) is 7.62. The summed E-state index contributed by atoms with van der Waals surface area (Å²) in [6.07, 6.45) is 3.12. The molecule has 4 rings (SSSR count). The third-order valence-corrected chi connectivity index (χ3v) is 6.35. The SMILES string of the molecule is CCCn1nc(C(=O)NNC(=O)C2(NC(=O)NCc3ccccc3)CCCC2)c2ccccc2c1=O. The minimum Gasteiger partial charge on any atom is -0.334 e. The highest BCUT2D eigenvalue weighted by Crippen LogP contribution is 2.29. The lowest BCUT2D eigenvalue weighted by Crippen LogP contribution is -2.61. The molecular formula is C26H30N6O4. The highest BCUT2D eigenvalue weighted by atomic mass is 16.2. The largest absolute Gasteiger partial charge is 0.334 e. The van der Waals surface area contributed by atoms with Gasteiger partial charge in [0.1, 0.15) is 5.54 Å². The zero-order chi connectivity index (χ0) is 25.5. The molecule has 1 saturated carbocycles. The van der Waals surface area contributed by atoms with Crippen LogP contribution in [0.4, 0.5) is 4.79 Å². The van der Waals surface area contributed by atoms with Gasteiger partial charge in [0.05, 0.1) is 5.39 Å². The summed E-state index contributed by atoms with van der Waals surface area (Å²) in [5.74, 6) is -1.15. The lowest BCUT2D eigenvalue weighted by molar-refractivity contribution is -0.127.